The number of nitrogens with two attached hydrogens (primary N) is 3. The molecule has 12 amide bonds. The van der Waals surface area contributed by atoms with Gasteiger partial charge in [-0.25, -0.2) is 0 Å². The molecule has 4 heterocycles. The van der Waals surface area contributed by atoms with Crippen LogP contribution in [0.3, 0.4) is 0 Å². The number of benzene rings is 1. The summed E-state index contributed by atoms with van der Waals surface area (Å²) in [6.07, 6.45) is 0.000750. The van der Waals surface area contributed by atoms with Crippen LogP contribution in [-0.4, -0.2) is 225 Å². The fourth-order valence-electron chi connectivity index (χ4n) is 11.3. The number of nitrogens with one attached hydrogen (secondary N) is 8. The number of aliphatic carboxylic acids is 2. The van der Waals surface area contributed by atoms with E-state index in [0.717, 1.165) is 30.9 Å². The molecule has 4 aliphatic rings. The molecule has 4 aliphatic heterocycles. The summed E-state index contributed by atoms with van der Waals surface area (Å²) in [7, 11) is 0. The van der Waals surface area contributed by atoms with E-state index in [2.05, 4.69) is 47.7 Å². The van der Waals surface area contributed by atoms with Crippen molar-refractivity contribution in [2.75, 3.05) is 44.4 Å². The maximum Gasteiger partial charge on any atom is 0.305 e. The number of carboxylic acids is 2. The summed E-state index contributed by atoms with van der Waals surface area (Å²) in [6.45, 7) is 5.19. The van der Waals surface area contributed by atoms with Crippen LogP contribution in [0.4, 0.5) is 0 Å². The third-order valence-electron chi connectivity index (χ3n) is 16.3. The number of carboxylic acid groups (broad SMARTS) is 2. The maximum absolute atomic E-state index is 15.1. The number of aliphatic hydroxyl groups is 1. The van der Waals surface area contributed by atoms with Gasteiger partial charge in [0.25, 0.3) is 5.91 Å². The molecule has 2 saturated heterocycles. The number of aliphatic hydroxyl groups excluding tert-OH is 1. The van der Waals surface area contributed by atoms with E-state index in [0.29, 0.717) is 55.6 Å². The number of rotatable bonds is 16. The van der Waals surface area contributed by atoms with Crippen LogP contribution in [0.15, 0.2) is 23.4 Å². The quantitative estimate of drug-likeness (QED) is 0.0769. The van der Waals surface area contributed by atoms with Gasteiger partial charge in [0.15, 0.2) is 0 Å². The Labute approximate surface area is 570 Å². The second-order valence-electron chi connectivity index (χ2n) is 24.7. The Hall–Kier alpha value is -8.31. The van der Waals surface area contributed by atoms with Gasteiger partial charge in [-0.3, -0.25) is 67.1 Å². The molecule has 17 N–H and O–H groups in total. The summed E-state index contributed by atoms with van der Waals surface area (Å²) in [4.78, 5) is 200. The molecule has 4 bridgehead atoms. The van der Waals surface area contributed by atoms with Crippen molar-refractivity contribution in [2.45, 2.75) is 208 Å². The first-order chi connectivity index (χ1) is 46.1. The lowest BCUT2D eigenvalue weighted by atomic mass is 10.0. The van der Waals surface area contributed by atoms with Crippen LogP contribution in [-0.2, 0) is 83.5 Å². The van der Waals surface area contributed by atoms with Gasteiger partial charge in [-0.1, -0.05) is 25.1 Å². The van der Waals surface area contributed by atoms with Crippen LogP contribution in [0.2, 0.25) is 0 Å². The van der Waals surface area contributed by atoms with Gasteiger partial charge >= 0.3 is 11.9 Å². The molecule has 11 atom stereocenters. The van der Waals surface area contributed by atoms with Gasteiger partial charge in [-0.15, -0.1) is 0 Å². The minimum Gasteiger partial charge on any atom is -0.494 e. The van der Waals surface area contributed by atoms with Gasteiger partial charge in [-0.05, 0) is 133 Å². The first kappa shape index (κ1) is 79.4. The Morgan fingerprint density at radius 2 is 1.13 bits per heavy atom. The van der Waals surface area contributed by atoms with E-state index in [9.17, 15) is 77.6 Å². The second kappa shape index (κ2) is 40.4. The van der Waals surface area contributed by atoms with Crippen LogP contribution < -0.4 is 64.5 Å². The molecule has 97 heavy (non-hydrogen) atoms. The fraction of sp³-hybridized carbons (Fsp3) is 0.661. The number of carbonyl (C=O) groups excluding carboxylic acids is 12. The van der Waals surface area contributed by atoms with Gasteiger partial charge in [-0.2, -0.15) is 23.5 Å². The Kier molecular flexibility index (Phi) is 33.1. The molecule has 538 valence electrons. The lowest BCUT2D eigenvalue weighted by Gasteiger charge is -2.32. The lowest BCUT2D eigenvalue weighted by Crippen LogP contribution is -2.62. The number of ether oxygens (including phenoxy) is 1. The van der Waals surface area contributed by atoms with Crippen molar-refractivity contribution in [3.05, 3.63) is 29.3 Å². The Balaban J connectivity index is 1.60. The van der Waals surface area contributed by atoms with E-state index in [-0.39, 0.29) is 87.3 Å². The van der Waals surface area contributed by atoms with Crippen molar-refractivity contribution in [1.82, 2.24) is 52.3 Å². The molecule has 5 rings (SSSR count). The fourth-order valence-corrected chi connectivity index (χ4v) is 13.3. The number of primary amides is 2. The zero-order valence-corrected chi connectivity index (χ0v) is 56.5. The molecular formula is C62H94N14O19S2. The number of hydrogen-bond acceptors (Lipinski definition) is 21. The number of unbranched alkanes of at least 4 members (excludes halogenated alkanes) is 1. The molecule has 0 aromatic heterocycles. The zero-order chi connectivity index (χ0) is 71.3. The van der Waals surface area contributed by atoms with Gasteiger partial charge in [0.1, 0.15) is 79.0 Å². The van der Waals surface area contributed by atoms with Crippen LogP contribution in [0.5, 0.6) is 5.75 Å². The highest BCUT2D eigenvalue weighted by Crippen LogP contribution is 2.28. The van der Waals surface area contributed by atoms with Crippen molar-refractivity contribution in [3.63, 3.8) is 0 Å². The third kappa shape index (κ3) is 26.6. The smallest absolute Gasteiger partial charge is 0.305 e. The first-order valence-corrected chi connectivity index (χ1v) is 35.0. The number of hydrogen-bond donors (Lipinski definition) is 14. The number of fused-ring (bicyclic) bond motifs is 7. The Morgan fingerprint density at radius 1 is 0.598 bits per heavy atom. The summed E-state index contributed by atoms with van der Waals surface area (Å²) in [5, 5.41) is 54.7. The SMILES string of the molecule is CC(C)C[C@@H]1NC(=O)[C@@H]2CCCN2C(=O)[C@@H]2CSCc3cc(cc(c3)OCCCCCCO/N=C/C(=O)N[C@@H](CCCCN)C(=O)N2)CSC[C@@H](C(N)=O)NC(=O)[C@H](CCC(=O)O)NC(=O)[C@H](CCC(N)=O)NC(=O)[C@@H]2CCCN2C(=O)[C@H]([C@@H](C)O)NC(=O)[C@H](CC(=O)O)NC1=O. The Bertz CT molecular complexity index is 3000. The molecule has 0 unspecified atom stereocenters. The minimum absolute atomic E-state index is 0.0229. The van der Waals surface area contributed by atoms with Crippen LogP contribution >= 0.6 is 23.5 Å². The standard InChI is InChI=1S/C62H94N14O19S2/c1-34(2)24-42-57(88)70-43(28-51(82)83)58(89)74-52(35(3)77)62(93)76-21-11-14-47(76)59(90)69-40(15-17-48(64)78)55(86)68-41(16-18-50(80)81)56(87)72-44(53(65)84)32-96-30-36-25-37-27-38(26-36)94-22-8-4-5-9-23-95-66-29-49(79)67-39(12-6-7-19-63)54(85)73-45(33-97-31-37)61(92)75-20-10-13-46(75)60(91)71-42/h25-27,29,34-35,39-47,52,77H,4-24,28,30-33,63H2,1-3H3,(H2,64,78)(H2,65,84)(H,67,79)(H,68,86)(H,69,90)(H,70,88)(H,71,91)(H,72,87)(H,73,85)(H,74,89)(H,80,81)(H,82,83)/b66-29+/t35-,39+,40+,41+,42+,43+,44+,45+,46+,47+,52+/m1/s1. The molecule has 0 spiro atoms. The monoisotopic (exact) mass is 1400 g/mol. The molecule has 1 aromatic carbocycles. The molecule has 1 aromatic rings. The predicted molar refractivity (Wildman–Crippen MR) is 353 cm³/mol. The first-order valence-electron chi connectivity index (χ1n) is 32.7. The van der Waals surface area contributed by atoms with Crippen molar-refractivity contribution in [3.8, 4) is 5.75 Å². The number of nitrogens with zero attached hydrogens (tertiary/aromatic N) is 3. The van der Waals surface area contributed by atoms with Crippen molar-refractivity contribution in [1.29, 1.82) is 0 Å². The molecule has 35 heteroatoms. The van der Waals surface area contributed by atoms with Crippen LogP contribution in [0.25, 0.3) is 0 Å². The molecule has 0 radical (unpaired) electrons. The highest BCUT2D eigenvalue weighted by Gasteiger charge is 2.44. The molecule has 2 fully saturated rings. The van der Waals surface area contributed by atoms with E-state index >= 15 is 4.79 Å². The molecule has 33 nitrogen and oxygen atoms in total. The highest BCUT2D eigenvalue weighted by molar-refractivity contribution is 7.98. The van der Waals surface area contributed by atoms with Gasteiger partial charge in [0.05, 0.1) is 19.1 Å². The largest absolute Gasteiger partial charge is 0.494 e. The third-order valence-corrected chi connectivity index (χ3v) is 18.5. The van der Waals surface area contributed by atoms with Crippen molar-refractivity contribution < 1.29 is 92.0 Å². The van der Waals surface area contributed by atoms with Gasteiger partial charge < -0.3 is 94.4 Å². The highest BCUT2D eigenvalue weighted by atomic mass is 32.2. The van der Waals surface area contributed by atoms with Gasteiger partial charge in [0.2, 0.25) is 65.0 Å². The molecular weight excluding hydrogens is 1310 g/mol. The zero-order valence-electron chi connectivity index (χ0n) is 54.9. The summed E-state index contributed by atoms with van der Waals surface area (Å²) in [5.41, 5.74) is 18.4. The number of carbonyl (C=O) groups is 14. The van der Waals surface area contributed by atoms with Crippen molar-refractivity contribution in [2.24, 2.45) is 28.3 Å². The van der Waals surface area contributed by atoms with Crippen LogP contribution in [0.1, 0.15) is 141 Å². The maximum atomic E-state index is 15.1. The van der Waals surface area contributed by atoms with E-state index in [1.54, 1.807) is 26.0 Å². The van der Waals surface area contributed by atoms with E-state index in [1.165, 1.54) is 28.4 Å². The van der Waals surface area contributed by atoms with Crippen molar-refractivity contribution >= 4 is 113 Å². The van der Waals surface area contributed by atoms with E-state index < -0.39 is 181 Å². The average Bonchev–Trinajstić information content (AvgIpc) is 1.78. The van der Waals surface area contributed by atoms with E-state index in [4.69, 9.17) is 26.8 Å². The summed E-state index contributed by atoms with van der Waals surface area (Å²) in [6, 6.07) is -9.89. The lowest BCUT2D eigenvalue weighted by molar-refractivity contribution is -0.145. The molecule has 0 saturated carbocycles. The number of amides is 12. The second-order valence-corrected chi connectivity index (χ2v) is 26.8. The minimum atomic E-state index is -1.96. The average molecular weight is 1400 g/mol. The summed E-state index contributed by atoms with van der Waals surface area (Å²) in [5.74, 6) is -14.1. The number of oxime groups is 1. The number of thioether (sulfide) groups is 2. The predicted octanol–water partition coefficient (Wildman–Crippen LogP) is -2.37. The summed E-state index contributed by atoms with van der Waals surface area (Å²) >= 11 is 2.40. The topological polar surface area (TPSA) is 511 Å². The normalized spacial score (nSPS) is 26.5. The Morgan fingerprint density at radius 3 is 1.72 bits per heavy atom. The molecule has 0 aliphatic carbocycles. The van der Waals surface area contributed by atoms with E-state index in [1.807, 2.05) is 6.07 Å². The van der Waals surface area contributed by atoms with Gasteiger partial charge in [0, 0.05) is 48.9 Å². The van der Waals surface area contributed by atoms with Crippen LogP contribution in [0, 0.1) is 5.92 Å². The summed E-state index contributed by atoms with van der Waals surface area (Å²) < 4.78 is 6.26.